The zero-order chi connectivity index (χ0) is 19.3. The number of nitrogens with zero attached hydrogens (tertiary/aromatic N) is 4. The normalized spacial score (nSPS) is 11.7. The molecular weight excluding hydrogens is 348 g/mol. The third kappa shape index (κ3) is 6.68. The Kier molecular flexibility index (Phi) is 7.24. The first-order valence-corrected chi connectivity index (χ1v) is 8.74. The van der Waals surface area contributed by atoms with Gasteiger partial charge in [-0.2, -0.15) is 10.2 Å². The highest BCUT2D eigenvalue weighted by atomic mass is 15.3. The molecule has 0 aliphatic carbocycles. The Balaban J connectivity index is 1.44. The zero-order valence-corrected chi connectivity index (χ0v) is 15.2. The van der Waals surface area contributed by atoms with Gasteiger partial charge in [-0.25, -0.2) is 0 Å². The summed E-state index contributed by atoms with van der Waals surface area (Å²) < 4.78 is 0. The number of benzene rings is 3. The average Bonchev–Trinajstić information content (AvgIpc) is 2.76. The van der Waals surface area contributed by atoms with Gasteiger partial charge in [0, 0.05) is 12.4 Å². The number of rotatable bonds is 8. The molecule has 0 bridgehead atoms. The van der Waals surface area contributed by atoms with E-state index in [-0.39, 0.29) is 0 Å². The van der Waals surface area contributed by atoms with Crippen LogP contribution in [0, 0.1) is 0 Å². The predicted molar refractivity (Wildman–Crippen MR) is 120 cm³/mol. The Bertz CT molecular complexity index is 865. The molecule has 0 aliphatic rings. The van der Waals surface area contributed by atoms with E-state index in [0.717, 1.165) is 22.7 Å². The maximum absolute atomic E-state index is 4.32. The van der Waals surface area contributed by atoms with Crippen LogP contribution in [0.1, 0.15) is 0 Å². The van der Waals surface area contributed by atoms with Crippen LogP contribution in [0.4, 0.5) is 22.7 Å². The van der Waals surface area contributed by atoms with E-state index in [9.17, 15) is 0 Å². The van der Waals surface area contributed by atoms with E-state index in [1.807, 2.05) is 84.9 Å². The summed E-state index contributed by atoms with van der Waals surface area (Å²) in [5.41, 5.74) is 9.35. The second kappa shape index (κ2) is 10.8. The number of hydrazone groups is 2. The van der Waals surface area contributed by atoms with Crippen molar-refractivity contribution < 1.29 is 0 Å². The molecule has 2 N–H and O–H groups in total. The molecule has 3 rings (SSSR count). The monoisotopic (exact) mass is 368 g/mol. The van der Waals surface area contributed by atoms with Gasteiger partial charge in [0.2, 0.25) is 0 Å². The van der Waals surface area contributed by atoms with Gasteiger partial charge < -0.3 is 0 Å². The largest absolute Gasteiger partial charge is 0.278 e. The number of hydrogen-bond acceptors (Lipinski definition) is 6. The van der Waals surface area contributed by atoms with Crippen LogP contribution in [0.2, 0.25) is 0 Å². The second-order valence-electron chi connectivity index (χ2n) is 5.58. The van der Waals surface area contributed by atoms with Crippen LogP contribution in [-0.2, 0) is 0 Å². The summed E-state index contributed by atoms with van der Waals surface area (Å²) in [6.07, 6.45) is 6.48. The molecule has 0 aromatic heterocycles. The van der Waals surface area contributed by atoms with Crippen molar-refractivity contribution >= 4 is 47.6 Å². The van der Waals surface area contributed by atoms with Gasteiger partial charge in [0.05, 0.1) is 35.2 Å². The molecule has 0 fully saturated rings. The molecule has 3 aromatic carbocycles. The van der Waals surface area contributed by atoms with E-state index < -0.39 is 0 Å². The van der Waals surface area contributed by atoms with E-state index in [1.165, 1.54) is 0 Å². The molecule has 3 aromatic rings. The first-order chi connectivity index (χ1) is 13.9. The highest BCUT2D eigenvalue weighted by molar-refractivity contribution is 6.17. The first-order valence-electron chi connectivity index (χ1n) is 8.74. The Morgan fingerprint density at radius 3 is 1.25 bits per heavy atom. The number of para-hydroxylation sites is 2. The molecule has 0 atom stereocenters. The Labute approximate surface area is 164 Å². The van der Waals surface area contributed by atoms with E-state index in [2.05, 4.69) is 31.0 Å². The van der Waals surface area contributed by atoms with Crippen LogP contribution in [0.3, 0.4) is 0 Å². The lowest BCUT2D eigenvalue weighted by atomic mass is 10.3. The summed E-state index contributed by atoms with van der Waals surface area (Å²) in [5, 5.41) is 8.17. The maximum atomic E-state index is 4.32. The standard InChI is InChI=1S/C22H20N6/c1-3-7-21(8-4-1)27-25-17-15-23-19-11-13-20(14-12-19)24-16-18-26-28-22-9-5-2-6-10-22/h1-18,27-28H/b23-15?,24-16?,25-17-,26-18-. The lowest BCUT2D eigenvalue weighted by Crippen LogP contribution is -1.88. The van der Waals surface area contributed by atoms with Crippen LogP contribution in [0.25, 0.3) is 0 Å². The van der Waals surface area contributed by atoms with Crippen molar-refractivity contribution in [3.63, 3.8) is 0 Å². The van der Waals surface area contributed by atoms with Crippen LogP contribution in [-0.4, -0.2) is 24.9 Å². The molecule has 28 heavy (non-hydrogen) atoms. The summed E-state index contributed by atoms with van der Waals surface area (Å²) in [7, 11) is 0. The predicted octanol–water partition coefficient (Wildman–Crippen LogP) is 5.29. The van der Waals surface area contributed by atoms with Gasteiger partial charge in [-0.05, 0) is 48.5 Å². The van der Waals surface area contributed by atoms with Crippen molar-refractivity contribution in [3.8, 4) is 0 Å². The minimum absolute atomic E-state index is 0.824. The average molecular weight is 368 g/mol. The van der Waals surface area contributed by atoms with Gasteiger partial charge in [-0.1, -0.05) is 36.4 Å². The van der Waals surface area contributed by atoms with Crippen LogP contribution in [0.5, 0.6) is 0 Å². The Morgan fingerprint density at radius 1 is 0.464 bits per heavy atom. The van der Waals surface area contributed by atoms with Crippen molar-refractivity contribution in [2.75, 3.05) is 10.9 Å². The van der Waals surface area contributed by atoms with Gasteiger partial charge in [-0.15, -0.1) is 0 Å². The smallest absolute Gasteiger partial charge is 0.0655 e. The molecular formula is C22H20N6. The van der Waals surface area contributed by atoms with Gasteiger partial charge in [-0.3, -0.25) is 20.8 Å². The zero-order valence-electron chi connectivity index (χ0n) is 15.2. The van der Waals surface area contributed by atoms with Crippen molar-refractivity contribution in [2.45, 2.75) is 0 Å². The first kappa shape index (κ1) is 18.7. The van der Waals surface area contributed by atoms with Gasteiger partial charge in [0.1, 0.15) is 0 Å². The lowest BCUT2D eigenvalue weighted by Gasteiger charge is -1.97. The summed E-state index contributed by atoms with van der Waals surface area (Å²) in [4.78, 5) is 8.64. The van der Waals surface area contributed by atoms with Gasteiger partial charge in [0.15, 0.2) is 0 Å². The molecule has 0 unspecified atom stereocenters. The fourth-order valence-electron chi connectivity index (χ4n) is 2.18. The Morgan fingerprint density at radius 2 is 0.857 bits per heavy atom. The highest BCUT2D eigenvalue weighted by Crippen LogP contribution is 2.17. The molecule has 0 saturated carbocycles. The van der Waals surface area contributed by atoms with Crippen molar-refractivity contribution in [1.29, 1.82) is 0 Å². The maximum Gasteiger partial charge on any atom is 0.0655 e. The topological polar surface area (TPSA) is 73.5 Å². The third-order valence-electron chi connectivity index (χ3n) is 3.51. The minimum Gasteiger partial charge on any atom is -0.278 e. The lowest BCUT2D eigenvalue weighted by molar-refractivity contribution is 1.36. The van der Waals surface area contributed by atoms with E-state index in [4.69, 9.17) is 0 Å². The van der Waals surface area contributed by atoms with Crippen molar-refractivity contribution in [1.82, 2.24) is 0 Å². The van der Waals surface area contributed by atoms with Gasteiger partial charge in [0.25, 0.3) is 0 Å². The molecule has 0 saturated heterocycles. The number of hydrogen-bond donors (Lipinski definition) is 2. The highest BCUT2D eigenvalue weighted by Gasteiger charge is 1.89. The summed E-state index contributed by atoms with van der Waals surface area (Å²) >= 11 is 0. The molecule has 0 spiro atoms. The SMILES string of the molecule is C(/C=N\Nc1ccccc1)=Nc1ccc(N=C/C=N\Nc2ccccc2)cc1. The summed E-state index contributed by atoms with van der Waals surface area (Å²) in [6, 6.07) is 27.0. The molecule has 0 radical (unpaired) electrons. The summed E-state index contributed by atoms with van der Waals surface area (Å²) in [5.74, 6) is 0. The van der Waals surface area contributed by atoms with Crippen LogP contribution in [0.15, 0.2) is 105 Å². The fraction of sp³-hybridized carbons (Fsp3) is 0. The third-order valence-corrected chi connectivity index (χ3v) is 3.51. The quantitative estimate of drug-likeness (QED) is 0.419. The number of nitrogens with one attached hydrogen (secondary N) is 2. The molecule has 0 heterocycles. The minimum atomic E-state index is 0.824. The molecule has 6 nitrogen and oxygen atoms in total. The van der Waals surface area contributed by atoms with Gasteiger partial charge >= 0.3 is 0 Å². The molecule has 0 amide bonds. The Hall–Kier alpha value is -4.06. The molecule has 6 heteroatoms. The van der Waals surface area contributed by atoms with E-state index in [1.54, 1.807) is 24.9 Å². The van der Waals surface area contributed by atoms with Crippen LogP contribution >= 0.6 is 0 Å². The van der Waals surface area contributed by atoms with Crippen LogP contribution < -0.4 is 10.9 Å². The second-order valence-corrected chi connectivity index (χ2v) is 5.58. The molecule has 0 aliphatic heterocycles. The number of aliphatic imine (C=N–C) groups is 2. The van der Waals surface area contributed by atoms with Crippen molar-refractivity contribution in [3.05, 3.63) is 84.9 Å². The molecule has 138 valence electrons. The van der Waals surface area contributed by atoms with Crippen molar-refractivity contribution in [2.24, 2.45) is 20.2 Å². The number of anilines is 2. The van der Waals surface area contributed by atoms with E-state index >= 15 is 0 Å². The van der Waals surface area contributed by atoms with E-state index in [0.29, 0.717) is 0 Å². The summed E-state index contributed by atoms with van der Waals surface area (Å²) in [6.45, 7) is 0. The fourth-order valence-corrected chi connectivity index (χ4v) is 2.18.